The number of aromatic amines is 2. The lowest BCUT2D eigenvalue weighted by atomic mass is 10.4. The second-order valence-corrected chi connectivity index (χ2v) is 8.78. The van der Waals surface area contributed by atoms with Crippen molar-refractivity contribution in [3.05, 3.63) is 45.6 Å². The Hall–Kier alpha value is -3.40. The number of carbonyl (C=O) groups excluding carboxylic acids is 3. The number of alkyl halides is 2. The van der Waals surface area contributed by atoms with Crippen molar-refractivity contribution in [3.8, 4) is 11.8 Å². The van der Waals surface area contributed by atoms with E-state index in [0.29, 0.717) is 56.1 Å². The van der Waals surface area contributed by atoms with Crippen LogP contribution in [0.1, 0.15) is 45.3 Å². The highest BCUT2D eigenvalue weighted by Gasteiger charge is 2.21. The molecule has 190 valence electrons. The van der Waals surface area contributed by atoms with Gasteiger partial charge in [0.15, 0.2) is 25.4 Å². The summed E-state index contributed by atoms with van der Waals surface area (Å²) in [6, 6.07) is 4.33. The minimum atomic E-state index is -0.522. The quantitative estimate of drug-likeness (QED) is 0.244. The van der Waals surface area contributed by atoms with Crippen LogP contribution >= 0.6 is 31.9 Å². The molecule has 5 heterocycles. The second-order valence-electron chi connectivity index (χ2n) is 6.15. The molecular formula is C19H22Br2N6O8. The predicted molar refractivity (Wildman–Crippen MR) is 127 cm³/mol. The number of esters is 2. The van der Waals surface area contributed by atoms with Crippen molar-refractivity contribution >= 4 is 50.1 Å². The van der Waals surface area contributed by atoms with Crippen molar-refractivity contribution < 1.29 is 33.3 Å². The van der Waals surface area contributed by atoms with Gasteiger partial charge in [-0.05, 0) is 13.8 Å². The van der Waals surface area contributed by atoms with Crippen molar-refractivity contribution in [1.82, 2.24) is 29.8 Å². The van der Waals surface area contributed by atoms with Gasteiger partial charge in [0.05, 0.1) is 17.5 Å². The van der Waals surface area contributed by atoms with Crippen molar-refractivity contribution in [1.29, 1.82) is 0 Å². The number of hydrogen-bond donors (Lipinski definition) is 2. The molecule has 0 bridgehead atoms. The summed E-state index contributed by atoms with van der Waals surface area (Å²) in [5.41, 5.74) is 0.553. The number of carbonyl (C=O) groups is 3. The third-order valence-electron chi connectivity index (χ3n) is 3.87. The number of rotatable bonds is 5. The predicted octanol–water partition coefficient (Wildman–Crippen LogP) is 2.07. The van der Waals surface area contributed by atoms with Gasteiger partial charge in [-0.2, -0.15) is 19.6 Å². The summed E-state index contributed by atoms with van der Waals surface area (Å²) in [6.07, 6.45) is 0.703. The maximum absolute atomic E-state index is 11.1. The molecule has 0 saturated heterocycles. The Labute approximate surface area is 215 Å². The summed E-state index contributed by atoms with van der Waals surface area (Å²) in [7, 11) is 0. The van der Waals surface area contributed by atoms with Crippen LogP contribution in [0, 0.1) is 0 Å². The van der Waals surface area contributed by atoms with E-state index in [-0.39, 0.29) is 11.3 Å². The van der Waals surface area contributed by atoms with E-state index < -0.39 is 11.9 Å². The number of ether oxygens (including phenoxy) is 4. The molecule has 5 rings (SSSR count). The van der Waals surface area contributed by atoms with Crippen LogP contribution in [0.5, 0.6) is 11.8 Å². The van der Waals surface area contributed by atoms with E-state index in [2.05, 4.69) is 57.0 Å². The van der Waals surface area contributed by atoms with Crippen LogP contribution < -0.4 is 15.0 Å². The average molecular weight is 622 g/mol. The lowest BCUT2D eigenvalue weighted by Gasteiger charge is -2.15. The van der Waals surface area contributed by atoms with E-state index in [0.717, 1.165) is 10.3 Å². The molecular weight excluding hydrogens is 600 g/mol. The first kappa shape index (κ1) is 27.8. The molecule has 0 aromatic carbocycles. The summed E-state index contributed by atoms with van der Waals surface area (Å²) >= 11 is 6.12. The fraction of sp³-hybridized carbons (Fsp3) is 0.368. The Morgan fingerprint density at radius 2 is 1.57 bits per heavy atom. The summed E-state index contributed by atoms with van der Waals surface area (Å²) in [4.78, 5) is 42.5. The maximum atomic E-state index is 11.1. The highest BCUT2D eigenvalue weighted by molar-refractivity contribution is 9.24. The first-order valence-electron chi connectivity index (χ1n) is 9.97. The molecule has 0 fully saturated rings. The molecule has 2 aliphatic rings. The zero-order valence-corrected chi connectivity index (χ0v) is 21.8. The van der Waals surface area contributed by atoms with Gasteiger partial charge in [-0.15, -0.1) is 0 Å². The number of hydrogen-bond acceptors (Lipinski definition) is 10. The molecule has 2 aliphatic heterocycles. The molecule has 16 heteroatoms. The van der Waals surface area contributed by atoms with E-state index in [1.165, 1.54) is 0 Å². The molecule has 14 nitrogen and oxygen atoms in total. The van der Waals surface area contributed by atoms with Gasteiger partial charge in [0.1, 0.15) is 11.4 Å². The molecule has 0 unspecified atom stereocenters. The highest BCUT2D eigenvalue weighted by atomic mass is 79.9. The van der Waals surface area contributed by atoms with E-state index in [1.54, 1.807) is 35.3 Å². The third kappa shape index (κ3) is 8.10. The second kappa shape index (κ2) is 14.1. The smallest absolute Gasteiger partial charge is 0.358 e. The topological polar surface area (TPSA) is 172 Å². The standard InChI is InChI=1S/C7H8N2O3.C6H8N2O3.C5H4N2O2.CH2Br2/c1-2-11-7(10)5-3-6-9(8-5)4-12-6;1-2-11-6(10)4-3-5(9)8-7-4;8-2-4-1-5-7(6-4)3-9-5;2-1-3/h3H,2,4H2,1H3;3H,2H2,1H3,(H2,7,8,9);1-2H,3H2;1H2. The Kier molecular flexibility index (Phi) is 11.2. The number of nitrogens with zero attached hydrogens (tertiary/aromatic N) is 4. The molecule has 3 aromatic rings. The van der Waals surface area contributed by atoms with E-state index in [4.69, 9.17) is 14.2 Å². The highest BCUT2D eigenvalue weighted by Crippen LogP contribution is 2.21. The van der Waals surface area contributed by atoms with Crippen LogP contribution in [0.3, 0.4) is 0 Å². The molecule has 0 saturated carbocycles. The van der Waals surface area contributed by atoms with Gasteiger partial charge in [0.2, 0.25) is 11.8 Å². The van der Waals surface area contributed by atoms with Gasteiger partial charge >= 0.3 is 11.9 Å². The molecule has 0 aliphatic carbocycles. The lowest BCUT2D eigenvalue weighted by Crippen LogP contribution is -2.18. The minimum Gasteiger partial charge on any atom is -0.461 e. The number of halogens is 2. The number of nitrogens with one attached hydrogen (secondary N) is 2. The van der Waals surface area contributed by atoms with Crippen molar-refractivity contribution in [2.75, 3.05) is 17.5 Å². The number of aldehydes is 1. The molecule has 0 spiro atoms. The maximum Gasteiger partial charge on any atom is 0.358 e. The van der Waals surface area contributed by atoms with Gasteiger partial charge in [0.25, 0.3) is 5.56 Å². The largest absolute Gasteiger partial charge is 0.461 e. The van der Waals surface area contributed by atoms with Crippen molar-refractivity contribution in [3.63, 3.8) is 0 Å². The van der Waals surface area contributed by atoms with E-state index in [9.17, 15) is 19.2 Å². The van der Waals surface area contributed by atoms with Crippen LogP contribution in [-0.2, 0) is 22.9 Å². The number of H-pyrrole nitrogens is 2. The molecule has 0 radical (unpaired) electrons. The Bertz CT molecular complexity index is 1140. The van der Waals surface area contributed by atoms with Gasteiger partial charge in [-0.25, -0.2) is 9.59 Å². The normalized spacial score (nSPS) is 11.3. The number of fused-ring (bicyclic) bond motifs is 2. The summed E-state index contributed by atoms with van der Waals surface area (Å²) in [6.45, 7) is 5.01. The molecule has 35 heavy (non-hydrogen) atoms. The first-order chi connectivity index (χ1) is 16.9. The molecule has 0 atom stereocenters. The molecule has 0 amide bonds. The van der Waals surface area contributed by atoms with Gasteiger partial charge < -0.3 is 18.9 Å². The van der Waals surface area contributed by atoms with Crippen LogP contribution in [-0.4, -0.2) is 65.4 Å². The monoisotopic (exact) mass is 620 g/mol. The van der Waals surface area contributed by atoms with Gasteiger partial charge in [-0.1, -0.05) is 31.9 Å². The van der Waals surface area contributed by atoms with Crippen molar-refractivity contribution in [2.24, 2.45) is 0 Å². The summed E-state index contributed by atoms with van der Waals surface area (Å²) in [5.74, 6) is 0.379. The summed E-state index contributed by atoms with van der Waals surface area (Å²) < 4.78 is 23.4. The van der Waals surface area contributed by atoms with Crippen LogP contribution in [0.15, 0.2) is 23.0 Å². The molecule has 3 aromatic heterocycles. The van der Waals surface area contributed by atoms with Crippen molar-refractivity contribution in [2.45, 2.75) is 27.3 Å². The zero-order valence-electron chi connectivity index (χ0n) is 18.7. The van der Waals surface area contributed by atoms with E-state index in [1.807, 2.05) is 0 Å². The van der Waals surface area contributed by atoms with Crippen LogP contribution in [0.4, 0.5) is 0 Å². The van der Waals surface area contributed by atoms with Gasteiger partial charge in [0, 0.05) is 18.2 Å². The third-order valence-corrected chi connectivity index (χ3v) is 3.87. The summed E-state index contributed by atoms with van der Waals surface area (Å²) in [5, 5.41) is 12.4. The fourth-order valence-corrected chi connectivity index (χ4v) is 2.37. The Balaban J connectivity index is 0.000000176. The molecule has 2 N–H and O–H groups in total. The number of aromatic nitrogens is 6. The van der Waals surface area contributed by atoms with Crippen LogP contribution in [0.25, 0.3) is 0 Å². The van der Waals surface area contributed by atoms with Crippen LogP contribution in [0.2, 0.25) is 0 Å². The fourth-order valence-electron chi connectivity index (χ4n) is 2.37. The SMILES string of the molecule is BrCBr.CCOC(=O)c1cc(=O)[nH][nH]1.CCOC(=O)c1cc2n(n1)CO2.O=Cc1cc2n(n1)CO2. The average Bonchev–Trinajstić information content (AvgIpc) is 3.46. The minimum absolute atomic E-state index is 0.150. The van der Waals surface area contributed by atoms with E-state index >= 15 is 0 Å². The zero-order chi connectivity index (χ0) is 25.8. The lowest BCUT2D eigenvalue weighted by molar-refractivity contribution is 0.0508. The Morgan fingerprint density at radius 1 is 1.00 bits per heavy atom. The first-order valence-corrected chi connectivity index (χ1v) is 12.2. The Morgan fingerprint density at radius 3 is 1.94 bits per heavy atom. The van der Waals surface area contributed by atoms with Gasteiger partial charge in [-0.3, -0.25) is 19.8 Å².